The summed E-state index contributed by atoms with van der Waals surface area (Å²) in [5, 5.41) is 0. The van der Waals surface area contributed by atoms with Gasteiger partial charge in [0.25, 0.3) is 0 Å². The van der Waals surface area contributed by atoms with Gasteiger partial charge in [-0.3, -0.25) is 0 Å². The number of hydrogen-bond donors (Lipinski definition) is 1. The highest BCUT2D eigenvalue weighted by Gasteiger charge is 2.35. The van der Waals surface area contributed by atoms with Gasteiger partial charge >= 0.3 is 6.18 Å². The highest BCUT2D eigenvalue weighted by molar-refractivity contribution is 5.60. The van der Waals surface area contributed by atoms with Crippen LogP contribution in [-0.4, -0.2) is 12.6 Å². The van der Waals surface area contributed by atoms with E-state index in [-0.39, 0.29) is 5.69 Å². The third-order valence-corrected chi connectivity index (χ3v) is 3.61. The highest BCUT2D eigenvalue weighted by Crippen LogP contribution is 2.38. The highest BCUT2D eigenvalue weighted by atomic mass is 19.4. The third kappa shape index (κ3) is 3.58. The van der Waals surface area contributed by atoms with Crippen LogP contribution >= 0.6 is 0 Å². The van der Waals surface area contributed by atoms with Crippen LogP contribution in [-0.2, 0) is 6.18 Å². The Kier molecular flexibility index (Phi) is 4.16. The SMILES string of the molecule is CC(C)CCN(c1ccc(N)c(C(F)(F)F)c1)C1CC1. The maximum absolute atomic E-state index is 12.9. The maximum Gasteiger partial charge on any atom is 0.418 e. The average Bonchev–Trinajstić information content (AvgIpc) is 3.13. The van der Waals surface area contributed by atoms with Crippen LogP contribution in [0.15, 0.2) is 18.2 Å². The minimum absolute atomic E-state index is 0.208. The Hall–Kier alpha value is -1.39. The van der Waals surface area contributed by atoms with Crippen molar-refractivity contribution in [2.24, 2.45) is 5.92 Å². The summed E-state index contributed by atoms with van der Waals surface area (Å²) < 4.78 is 38.8. The molecule has 5 heteroatoms. The second kappa shape index (κ2) is 5.54. The van der Waals surface area contributed by atoms with Gasteiger partial charge in [0.15, 0.2) is 0 Å². The van der Waals surface area contributed by atoms with Gasteiger partial charge in [-0.1, -0.05) is 13.8 Å². The summed E-state index contributed by atoms with van der Waals surface area (Å²) >= 11 is 0. The van der Waals surface area contributed by atoms with Crippen LogP contribution in [0.2, 0.25) is 0 Å². The summed E-state index contributed by atoms with van der Waals surface area (Å²) in [6.07, 6.45) is -1.30. The Labute approximate surface area is 117 Å². The van der Waals surface area contributed by atoms with Crippen molar-refractivity contribution < 1.29 is 13.2 Å². The van der Waals surface area contributed by atoms with Crippen LogP contribution in [0.1, 0.15) is 38.7 Å². The molecule has 1 aromatic rings. The van der Waals surface area contributed by atoms with E-state index in [4.69, 9.17) is 5.73 Å². The maximum atomic E-state index is 12.9. The molecule has 0 radical (unpaired) electrons. The van der Waals surface area contributed by atoms with E-state index in [1.165, 1.54) is 12.1 Å². The van der Waals surface area contributed by atoms with E-state index in [1.54, 1.807) is 6.07 Å². The molecule has 0 saturated heterocycles. The molecule has 2 nitrogen and oxygen atoms in total. The largest absolute Gasteiger partial charge is 0.418 e. The van der Waals surface area contributed by atoms with Gasteiger partial charge in [0, 0.05) is 24.0 Å². The molecule has 0 heterocycles. The van der Waals surface area contributed by atoms with Crippen LogP contribution < -0.4 is 10.6 Å². The summed E-state index contributed by atoms with van der Waals surface area (Å²) in [6.45, 7) is 5.04. The number of benzene rings is 1. The average molecular weight is 286 g/mol. The van der Waals surface area contributed by atoms with E-state index in [9.17, 15) is 13.2 Å². The van der Waals surface area contributed by atoms with E-state index in [0.29, 0.717) is 17.6 Å². The molecule has 0 aliphatic heterocycles. The van der Waals surface area contributed by atoms with E-state index in [2.05, 4.69) is 18.7 Å². The van der Waals surface area contributed by atoms with Crippen LogP contribution in [0.3, 0.4) is 0 Å². The number of halogens is 3. The molecule has 2 N–H and O–H groups in total. The Morgan fingerprint density at radius 3 is 2.45 bits per heavy atom. The van der Waals surface area contributed by atoms with E-state index < -0.39 is 11.7 Å². The molecule has 1 aliphatic rings. The minimum Gasteiger partial charge on any atom is -0.398 e. The van der Waals surface area contributed by atoms with Crippen LogP contribution in [0, 0.1) is 5.92 Å². The van der Waals surface area contributed by atoms with Crippen molar-refractivity contribution in [1.82, 2.24) is 0 Å². The quantitative estimate of drug-likeness (QED) is 0.818. The topological polar surface area (TPSA) is 29.3 Å². The Morgan fingerprint density at radius 1 is 1.30 bits per heavy atom. The smallest absolute Gasteiger partial charge is 0.398 e. The molecular formula is C15H21F3N2. The Bertz CT molecular complexity index is 465. The van der Waals surface area contributed by atoms with Crippen LogP contribution in [0.25, 0.3) is 0 Å². The van der Waals surface area contributed by atoms with Crippen molar-refractivity contribution in [1.29, 1.82) is 0 Å². The molecule has 0 unspecified atom stereocenters. The first-order chi connectivity index (χ1) is 9.29. The van der Waals surface area contributed by atoms with E-state index in [1.807, 2.05) is 0 Å². The van der Waals surface area contributed by atoms with Crippen LogP contribution in [0.4, 0.5) is 24.5 Å². The molecule has 20 heavy (non-hydrogen) atoms. The fraction of sp³-hybridized carbons (Fsp3) is 0.600. The lowest BCUT2D eigenvalue weighted by molar-refractivity contribution is -0.136. The van der Waals surface area contributed by atoms with Gasteiger partial charge in [0.05, 0.1) is 5.56 Å². The van der Waals surface area contributed by atoms with Crippen molar-refractivity contribution in [3.63, 3.8) is 0 Å². The second-order valence-electron chi connectivity index (χ2n) is 5.88. The first-order valence-corrected chi connectivity index (χ1v) is 7.02. The summed E-state index contributed by atoms with van der Waals surface area (Å²) in [6, 6.07) is 4.64. The first kappa shape index (κ1) is 15.0. The lowest BCUT2D eigenvalue weighted by Gasteiger charge is -2.26. The van der Waals surface area contributed by atoms with Gasteiger partial charge in [0.2, 0.25) is 0 Å². The predicted molar refractivity (Wildman–Crippen MR) is 75.7 cm³/mol. The summed E-state index contributed by atoms with van der Waals surface area (Å²) in [4.78, 5) is 2.09. The van der Waals surface area contributed by atoms with Crippen molar-refractivity contribution >= 4 is 11.4 Å². The number of rotatable bonds is 5. The zero-order chi connectivity index (χ0) is 14.9. The molecule has 1 fully saturated rings. The van der Waals surface area contributed by atoms with Gasteiger partial charge in [-0.05, 0) is 43.4 Å². The van der Waals surface area contributed by atoms with Crippen molar-refractivity contribution in [3.8, 4) is 0 Å². The van der Waals surface area contributed by atoms with Gasteiger partial charge in [-0.2, -0.15) is 13.2 Å². The predicted octanol–water partition coefficient (Wildman–Crippen LogP) is 4.30. The lowest BCUT2D eigenvalue weighted by Crippen LogP contribution is -2.28. The van der Waals surface area contributed by atoms with E-state index >= 15 is 0 Å². The fourth-order valence-corrected chi connectivity index (χ4v) is 2.27. The van der Waals surface area contributed by atoms with E-state index in [0.717, 1.165) is 25.8 Å². The monoisotopic (exact) mass is 286 g/mol. The number of nitrogen functional groups attached to an aromatic ring is 1. The molecular weight excluding hydrogens is 265 g/mol. The molecule has 0 amide bonds. The Balaban J connectivity index is 2.25. The standard InChI is InChI=1S/C15H21F3N2/c1-10(2)7-8-20(11-3-4-11)12-5-6-14(19)13(9-12)15(16,17)18/h5-6,9-11H,3-4,7-8,19H2,1-2H3. The number of alkyl halides is 3. The zero-order valence-corrected chi connectivity index (χ0v) is 11.9. The number of hydrogen-bond acceptors (Lipinski definition) is 2. The normalized spacial score (nSPS) is 15.7. The molecule has 1 saturated carbocycles. The Morgan fingerprint density at radius 2 is 1.95 bits per heavy atom. The third-order valence-electron chi connectivity index (χ3n) is 3.61. The van der Waals surface area contributed by atoms with Gasteiger partial charge in [0.1, 0.15) is 0 Å². The summed E-state index contributed by atoms with van der Waals surface area (Å²) in [7, 11) is 0. The molecule has 2 rings (SSSR count). The zero-order valence-electron chi connectivity index (χ0n) is 11.9. The first-order valence-electron chi connectivity index (χ1n) is 7.02. The fourth-order valence-electron chi connectivity index (χ4n) is 2.27. The number of nitrogens with zero attached hydrogens (tertiary/aromatic N) is 1. The van der Waals surface area contributed by atoms with Crippen molar-refractivity contribution in [2.45, 2.75) is 45.3 Å². The molecule has 0 atom stereocenters. The molecule has 0 spiro atoms. The second-order valence-corrected chi connectivity index (χ2v) is 5.88. The minimum atomic E-state index is -4.40. The van der Waals surface area contributed by atoms with Crippen LogP contribution in [0.5, 0.6) is 0 Å². The molecule has 0 aromatic heterocycles. The van der Waals surface area contributed by atoms with Gasteiger partial charge in [-0.15, -0.1) is 0 Å². The molecule has 112 valence electrons. The molecule has 1 aliphatic carbocycles. The number of anilines is 2. The number of nitrogens with two attached hydrogens (primary N) is 1. The summed E-state index contributed by atoms with van der Waals surface area (Å²) in [5.41, 5.74) is 5.15. The van der Waals surface area contributed by atoms with Gasteiger partial charge in [-0.25, -0.2) is 0 Å². The summed E-state index contributed by atoms with van der Waals surface area (Å²) in [5.74, 6) is 0.534. The molecule has 1 aromatic carbocycles. The lowest BCUT2D eigenvalue weighted by atomic mass is 10.1. The van der Waals surface area contributed by atoms with Gasteiger partial charge < -0.3 is 10.6 Å². The van der Waals surface area contributed by atoms with Crippen molar-refractivity contribution in [3.05, 3.63) is 23.8 Å². The molecule has 0 bridgehead atoms. The van der Waals surface area contributed by atoms with Crippen molar-refractivity contribution in [2.75, 3.05) is 17.2 Å².